The van der Waals surface area contributed by atoms with Crippen LogP contribution < -0.4 is 4.46 Å². The molecule has 3 atom stereocenters. The Morgan fingerprint density at radius 1 is 1.25 bits per heavy atom. The van der Waals surface area contributed by atoms with Gasteiger partial charge < -0.3 is 0 Å². The fourth-order valence-electron chi connectivity index (χ4n) is 2.11. The molecule has 2 saturated heterocycles. The van der Waals surface area contributed by atoms with E-state index in [2.05, 4.69) is 12.1 Å². The summed E-state index contributed by atoms with van der Waals surface area (Å²) in [7, 11) is 0. The van der Waals surface area contributed by atoms with Crippen molar-refractivity contribution in [3.63, 3.8) is 0 Å². The molecule has 3 rings (SSSR count). The molecule has 0 aromatic heterocycles. The van der Waals surface area contributed by atoms with Crippen LogP contribution in [-0.4, -0.2) is 38.6 Å². The predicted octanol–water partition coefficient (Wildman–Crippen LogP) is 0.304. The van der Waals surface area contributed by atoms with Crippen molar-refractivity contribution in [2.45, 2.75) is 17.5 Å². The zero-order valence-corrected chi connectivity index (χ0v) is 10.4. The van der Waals surface area contributed by atoms with Crippen molar-refractivity contribution in [1.29, 1.82) is 0 Å². The van der Waals surface area contributed by atoms with Crippen molar-refractivity contribution >= 4 is 25.4 Å². The first kappa shape index (κ1) is 10.3. The fraction of sp³-hybridized carbons (Fsp3) is 0.417. The third-order valence-electron chi connectivity index (χ3n) is 2.93. The van der Waals surface area contributed by atoms with Gasteiger partial charge in [0.2, 0.25) is 0 Å². The van der Waals surface area contributed by atoms with E-state index in [9.17, 15) is 4.79 Å². The number of rotatable bonds is 2. The monoisotopic (exact) mass is 284 g/mol. The third-order valence-corrected chi connectivity index (χ3v) is 5.26. The van der Waals surface area contributed by atoms with Crippen LogP contribution in [0, 0.1) is 5.92 Å². The van der Waals surface area contributed by atoms with Crippen LogP contribution in [0.25, 0.3) is 0 Å². The number of esters is 1. The van der Waals surface area contributed by atoms with E-state index in [-0.39, 0.29) is 23.0 Å². The zero-order chi connectivity index (χ0) is 11.0. The van der Waals surface area contributed by atoms with Crippen molar-refractivity contribution in [3.8, 4) is 0 Å². The summed E-state index contributed by atoms with van der Waals surface area (Å²) in [5, 5.41) is 0.234. The average molecular weight is 283 g/mol. The third kappa shape index (κ3) is 1.88. The van der Waals surface area contributed by atoms with Crippen LogP contribution in [-0.2, 0) is 14.3 Å². The van der Waals surface area contributed by atoms with E-state index in [1.807, 2.05) is 18.2 Å². The maximum absolute atomic E-state index is 11.4. The van der Waals surface area contributed by atoms with Crippen LogP contribution in [0.5, 0.6) is 0 Å². The average Bonchev–Trinajstić information content (AvgIpc) is 2.83. The van der Waals surface area contributed by atoms with E-state index in [4.69, 9.17) is 9.47 Å². The first-order valence-corrected chi connectivity index (χ1v) is 7.21. The second-order valence-electron chi connectivity index (χ2n) is 4.01. The molecule has 16 heavy (non-hydrogen) atoms. The van der Waals surface area contributed by atoms with Gasteiger partial charge in [0.1, 0.15) is 0 Å². The molecule has 0 N–H and O–H groups in total. The van der Waals surface area contributed by atoms with Gasteiger partial charge in [-0.1, -0.05) is 0 Å². The van der Waals surface area contributed by atoms with E-state index < -0.39 is 0 Å². The molecule has 0 aliphatic carbocycles. The Morgan fingerprint density at radius 3 is 2.81 bits per heavy atom. The normalized spacial score (nSPS) is 32.5. The second kappa shape index (κ2) is 4.21. The van der Waals surface area contributed by atoms with Crippen LogP contribution >= 0.6 is 0 Å². The number of hydrogen-bond donors (Lipinski definition) is 0. The van der Waals surface area contributed by atoms with Gasteiger partial charge in [-0.15, -0.1) is 0 Å². The summed E-state index contributed by atoms with van der Waals surface area (Å²) in [5.74, 6) is -0.0769. The molecule has 1 aromatic rings. The van der Waals surface area contributed by atoms with Gasteiger partial charge in [0.25, 0.3) is 0 Å². The number of cyclic esters (lactones) is 1. The number of benzene rings is 1. The Hall–Kier alpha value is -0.831. The van der Waals surface area contributed by atoms with E-state index in [1.165, 1.54) is 4.46 Å². The Kier molecular flexibility index (Phi) is 2.72. The number of carbonyl (C=O) groups is 1. The molecule has 2 aliphatic rings. The number of carbonyl (C=O) groups excluding carboxylic acids is 1. The Labute approximate surface area is 100 Å². The molecule has 0 saturated carbocycles. The summed E-state index contributed by atoms with van der Waals surface area (Å²) >= 11 is 0.297. The van der Waals surface area contributed by atoms with E-state index in [1.54, 1.807) is 0 Å². The first-order chi connectivity index (χ1) is 7.83. The van der Waals surface area contributed by atoms with Crippen LogP contribution in [0.1, 0.15) is 6.42 Å². The van der Waals surface area contributed by atoms with Gasteiger partial charge in [0.05, 0.1) is 0 Å². The topological polar surface area (TPSA) is 35.5 Å². The van der Waals surface area contributed by atoms with Crippen LogP contribution in [0.15, 0.2) is 30.3 Å². The van der Waals surface area contributed by atoms with Crippen LogP contribution in [0.4, 0.5) is 0 Å². The Balaban J connectivity index is 1.65. The van der Waals surface area contributed by atoms with Gasteiger partial charge in [-0.2, -0.15) is 0 Å². The molecular weight excluding hydrogens is 271 g/mol. The van der Waals surface area contributed by atoms with Gasteiger partial charge in [-0.05, 0) is 0 Å². The summed E-state index contributed by atoms with van der Waals surface area (Å²) in [6, 6.07) is 10.3. The van der Waals surface area contributed by atoms with Crippen molar-refractivity contribution in [2.24, 2.45) is 5.92 Å². The van der Waals surface area contributed by atoms with E-state index in [0.29, 0.717) is 21.6 Å². The standard InChI is InChI=1S/C12H12O3Se/c13-12-9-6-11(15-10(9)7-14-12)16-8-4-2-1-3-5-8/h1-5,9-11H,6-7H2/t9-,10-,11+/m1/s1. The van der Waals surface area contributed by atoms with Crippen molar-refractivity contribution in [2.75, 3.05) is 6.61 Å². The summed E-state index contributed by atoms with van der Waals surface area (Å²) in [5.41, 5.74) is 0. The maximum atomic E-state index is 11.4. The molecule has 0 bridgehead atoms. The molecule has 4 heteroatoms. The van der Waals surface area contributed by atoms with Crippen molar-refractivity contribution in [3.05, 3.63) is 30.3 Å². The van der Waals surface area contributed by atoms with Gasteiger partial charge in [-0.25, -0.2) is 0 Å². The molecule has 1 aromatic carbocycles. The second-order valence-corrected chi connectivity index (χ2v) is 6.59. The predicted molar refractivity (Wildman–Crippen MR) is 59.6 cm³/mol. The molecule has 0 unspecified atom stereocenters. The zero-order valence-electron chi connectivity index (χ0n) is 8.67. The summed E-state index contributed by atoms with van der Waals surface area (Å²) in [6.45, 7) is 0.449. The fourth-order valence-corrected chi connectivity index (χ4v) is 4.46. The molecule has 2 aliphatic heterocycles. The molecule has 84 valence electrons. The Bertz CT molecular complexity index is 393. The number of hydrogen-bond acceptors (Lipinski definition) is 3. The minimum absolute atomic E-state index is 0.00409. The quantitative estimate of drug-likeness (QED) is 0.578. The molecule has 2 heterocycles. The molecule has 0 amide bonds. The molecular formula is C12H12O3Se. The van der Waals surface area contributed by atoms with Crippen LogP contribution in [0.2, 0.25) is 0 Å². The van der Waals surface area contributed by atoms with Gasteiger partial charge in [0, 0.05) is 0 Å². The van der Waals surface area contributed by atoms with Crippen molar-refractivity contribution < 1.29 is 14.3 Å². The van der Waals surface area contributed by atoms with Gasteiger partial charge in [-0.3, -0.25) is 0 Å². The van der Waals surface area contributed by atoms with Gasteiger partial charge in [0.15, 0.2) is 0 Å². The van der Waals surface area contributed by atoms with E-state index >= 15 is 0 Å². The molecule has 0 radical (unpaired) electrons. The SMILES string of the molecule is O=C1OC[C@H]2O[C@@H]([Se]c3ccccc3)C[C@@H]12. The molecule has 2 fully saturated rings. The first-order valence-electron chi connectivity index (χ1n) is 5.37. The molecule has 0 spiro atoms. The Morgan fingerprint density at radius 2 is 2.06 bits per heavy atom. The van der Waals surface area contributed by atoms with E-state index in [0.717, 1.165) is 6.42 Å². The number of ether oxygens (including phenoxy) is 2. The molecule has 3 nitrogen and oxygen atoms in total. The van der Waals surface area contributed by atoms with Gasteiger partial charge >= 0.3 is 100 Å². The summed E-state index contributed by atoms with van der Waals surface area (Å²) in [4.78, 5) is 11.4. The summed E-state index contributed by atoms with van der Waals surface area (Å²) in [6.07, 6.45) is 0.848. The number of fused-ring (bicyclic) bond motifs is 1. The van der Waals surface area contributed by atoms with Crippen molar-refractivity contribution in [1.82, 2.24) is 0 Å². The van der Waals surface area contributed by atoms with Crippen LogP contribution in [0.3, 0.4) is 0 Å². The summed E-state index contributed by atoms with van der Waals surface area (Å²) < 4.78 is 12.1. The minimum atomic E-state index is -0.0728.